The first-order valence-electron chi connectivity index (χ1n) is 5.58. The summed E-state index contributed by atoms with van der Waals surface area (Å²) in [5.74, 6) is -1.45. The molecule has 0 aromatic rings. The fourth-order valence-electron chi connectivity index (χ4n) is 1.62. The Kier molecular flexibility index (Phi) is 4.91. The van der Waals surface area contributed by atoms with Crippen molar-refractivity contribution in [2.45, 2.75) is 19.8 Å². The van der Waals surface area contributed by atoms with Crippen molar-refractivity contribution < 1.29 is 14.3 Å². The zero-order valence-electron chi connectivity index (χ0n) is 9.91. The predicted octanol–water partition coefficient (Wildman–Crippen LogP) is -0.441. The summed E-state index contributed by atoms with van der Waals surface area (Å²) in [5, 5.41) is 13.0. The van der Waals surface area contributed by atoms with Gasteiger partial charge in [-0.3, -0.25) is 9.59 Å². The average molecular weight is 239 g/mol. The molecule has 1 aliphatic rings. The summed E-state index contributed by atoms with van der Waals surface area (Å²) in [7, 11) is 0. The molecule has 0 atom stereocenters. The van der Waals surface area contributed by atoms with Crippen LogP contribution in [0.3, 0.4) is 0 Å². The number of amides is 2. The number of nitrogens with one attached hydrogen (secondary N) is 2. The predicted molar refractivity (Wildman–Crippen MR) is 59.8 cm³/mol. The van der Waals surface area contributed by atoms with Crippen LogP contribution in [0, 0.1) is 16.7 Å². The molecule has 0 aliphatic carbocycles. The van der Waals surface area contributed by atoms with Gasteiger partial charge >= 0.3 is 11.8 Å². The van der Waals surface area contributed by atoms with Crippen molar-refractivity contribution in [2.75, 3.05) is 26.3 Å². The Morgan fingerprint density at radius 2 is 1.88 bits per heavy atom. The fraction of sp³-hybridized carbons (Fsp3) is 0.727. The molecule has 6 nitrogen and oxygen atoms in total. The quantitative estimate of drug-likeness (QED) is 0.516. The standard InChI is InChI=1S/C11H17N3O3/c1-11(2-6-17-7-3-11)8-14-10(16)9(15)13-5-4-12/h2-3,5-8H2,1H3,(H,13,15)(H,14,16). The molecule has 0 bridgehead atoms. The lowest BCUT2D eigenvalue weighted by molar-refractivity contribution is -0.139. The van der Waals surface area contributed by atoms with Crippen LogP contribution in [0.4, 0.5) is 0 Å². The van der Waals surface area contributed by atoms with Crippen molar-refractivity contribution in [1.82, 2.24) is 10.6 Å². The number of ether oxygens (including phenoxy) is 1. The maximum Gasteiger partial charge on any atom is 0.310 e. The molecule has 1 aliphatic heterocycles. The van der Waals surface area contributed by atoms with E-state index in [1.54, 1.807) is 6.07 Å². The first-order chi connectivity index (χ1) is 8.07. The highest BCUT2D eigenvalue weighted by Crippen LogP contribution is 2.28. The molecule has 0 radical (unpaired) electrons. The minimum Gasteiger partial charge on any atom is -0.381 e. The second kappa shape index (κ2) is 6.21. The highest BCUT2D eigenvalue weighted by molar-refractivity contribution is 6.35. The van der Waals surface area contributed by atoms with Crippen molar-refractivity contribution in [2.24, 2.45) is 5.41 Å². The van der Waals surface area contributed by atoms with Crippen molar-refractivity contribution >= 4 is 11.8 Å². The van der Waals surface area contributed by atoms with E-state index in [2.05, 4.69) is 17.6 Å². The van der Waals surface area contributed by atoms with Gasteiger partial charge in [0.25, 0.3) is 0 Å². The number of nitrogens with zero attached hydrogens (tertiary/aromatic N) is 1. The molecule has 0 aromatic carbocycles. The number of hydrogen-bond donors (Lipinski definition) is 2. The Hall–Kier alpha value is -1.61. The molecule has 6 heteroatoms. The van der Waals surface area contributed by atoms with E-state index < -0.39 is 11.8 Å². The van der Waals surface area contributed by atoms with E-state index in [1.165, 1.54) is 0 Å². The topological polar surface area (TPSA) is 91.2 Å². The summed E-state index contributed by atoms with van der Waals surface area (Å²) in [6, 6.07) is 1.74. The van der Waals surface area contributed by atoms with E-state index in [4.69, 9.17) is 10.00 Å². The van der Waals surface area contributed by atoms with Crippen molar-refractivity contribution in [3.05, 3.63) is 0 Å². The van der Waals surface area contributed by atoms with Crippen LogP contribution in [0.5, 0.6) is 0 Å². The maximum atomic E-state index is 11.4. The second-order valence-corrected chi connectivity index (χ2v) is 4.45. The summed E-state index contributed by atoms with van der Waals surface area (Å²) in [5.41, 5.74) is -0.0105. The van der Waals surface area contributed by atoms with Gasteiger partial charge in [0, 0.05) is 19.8 Å². The highest BCUT2D eigenvalue weighted by atomic mass is 16.5. The van der Waals surface area contributed by atoms with Crippen molar-refractivity contribution in [1.29, 1.82) is 5.26 Å². The van der Waals surface area contributed by atoms with Gasteiger partial charge < -0.3 is 15.4 Å². The van der Waals surface area contributed by atoms with Gasteiger partial charge in [-0.15, -0.1) is 0 Å². The van der Waals surface area contributed by atoms with Crippen LogP contribution >= 0.6 is 0 Å². The van der Waals surface area contributed by atoms with Crippen LogP contribution in [0.15, 0.2) is 0 Å². The fourth-order valence-corrected chi connectivity index (χ4v) is 1.62. The number of carbonyl (C=O) groups is 2. The first kappa shape index (κ1) is 13.5. The number of carbonyl (C=O) groups excluding carboxylic acids is 2. The van der Waals surface area contributed by atoms with Gasteiger partial charge in [-0.1, -0.05) is 6.92 Å². The summed E-state index contributed by atoms with van der Waals surface area (Å²) < 4.78 is 5.24. The molecule has 17 heavy (non-hydrogen) atoms. The third-order valence-electron chi connectivity index (χ3n) is 2.91. The summed E-state index contributed by atoms with van der Waals surface area (Å²) >= 11 is 0. The Morgan fingerprint density at radius 3 is 2.47 bits per heavy atom. The molecule has 1 saturated heterocycles. The zero-order chi connectivity index (χ0) is 12.7. The van der Waals surface area contributed by atoms with Crippen LogP contribution in [0.25, 0.3) is 0 Å². The van der Waals surface area contributed by atoms with Crippen LogP contribution in [-0.4, -0.2) is 38.1 Å². The SMILES string of the molecule is CC1(CNC(=O)C(=O)NCC#N)CCOCC1. The number of hydrogen-bond acceptors (Lipinski definition) is 4. The van der Waals surface area contributed by atoms with Gasteiger partial charge in [-0.25, -0.2) is 0 Å². The zero-order valence-corrected chi connectivity index (χ0v) is 9.91. The van der Waals surface area contributed by atoms with Gasteiger partial charge in [0.1, 0.15) is 6.54 Å². The van der Waals surface area contributed by atoms with Gasteiger partial charge in [-0.2, -0.15) is 5.26 Å². The lowest BCUT2D eigenvalue weighted by Gasteiger charge is -2.33. The van der Waals surface area contributed by atoms with E-state index in [0.29, 0.717) is 19.8 Å². The Morgan fingerprint density at radius 1 is 1.29 bits per heavy atom. The molecule has 2 amide bonds. The molecule has 1 rings (SSSR count). The van der Waals surface area contributed by atoms with E-state index in [9.17, 15) is 9.59 Å². The highest BCUT2D eigenvalue weighted by Gasteiger charge is 2.28. The minimum atomic E-state index is -0.762. The molecule has 0 unspecified atom stereocenters. The Bertz CT molecular complexity index is 329. The molecule has 1 fully saturated rings. The third kappa shape index (κ3) is 4.41. The Balaban J connectivity index is 2.32. The lowest BCUT2D eigenvalue weighted by Crippen LogP contribution is -2.45. The molecule has 0 spiro atoms. The smallest absolute Gasteiger partial charge is 0.310 e. The van der Waals surface area contributed by atoms with Gasteiger partial charge in [0.05, 0.1) is 6.07 Å². The lowest BCUT2D eigenvalue weighted by atomic mass is 9.82. The third-order valence-corrected chi connectivity index (χ3v) is 2.91. The molecule has 0 aromatic heterocycles. The Labute approximate surface area is 100 Å². The molecule has 1 heterocycles. The molecule has 2 N–H and O–H groups in total. The summed E-state index contributed by atoms with van der Waals surface area (Å²) in [6.45, 7) is 3.73. The summed E-state index contributed by atoms with van der Waals surface area (Å²) in [6.07, 6.45) is 1.74. The van der Waals surface area contributed by atoms with E-state index in [-0.39, 0.29) is 12.0 Å². The van der Waals surface area contributed by atoms with Gasteiger partial charge in [0.15, 0.2) is 0 Å². The van der Waals surface area contributed by atoms with E-state index in [0.717, 1.165) is 12.8 Å². The van der Waals surface area contributed by atoms with E-state index in [1.807, 2.05) is 0 Å². The average Bonchev–Trinajstić information content (AvgIpc) is 2.34. The van der Waals surface area contributed by atoms with Gasteiger partial charge in [-0.05, 0) is 18.3 Å². The minimum absolute atomic E-state index is 0.0105. The maximum absolute atomic E-state index is 11.4. The normalized spacial score (nSPS) is 17.9. The van der Waals surface area contributed by atoms with Crippen molar-refractivity contribution in [3.8, 4) is 6.07 Å². The van der Waals surface area contributed by atoms with Crippen LogP contribution in [0.1, 0.15) is 19.8 Å². The first-order valence-corrected chi connectivity index (χ1v) is 5.58. The number of rotatable bonds is 3. The summed E-state index contributed by atoms with van der Waals surface area (Å²) in [4.78, 5) is 22.5. The molecular weight excluding hydrogens is 222 g/mol. The monoisotopic (exact) mass is 239 g/mol. The van der Waals surface area contributed by atoms with Gasteiger partial charge in [0.2, 0.25) is 0 Å². The number of nitriles is 1. The molecule has 0 saturated carbocycles. The van der Waals surface area contributed by atoms with Crippen LogP contribution in [-0.2, 0) is 14.3 Å². The molecular formula is C11H17N3O3. The molecule has 94 valence electrons. The largest absolute Gasteiger partial charge is 0.381 e. The van der Waals surface area contributed by atoms with Crippen LogP contribution < -0.4 is 10.6 Å². The second-order valence-electron chi connectivity index (χ2n) is 4.45. The van der Waals surface area contributed by atoms with E-state index >= 15 is 0 Å². The van der Waals surface area contributed by atoms with Crippen molar-refractivity contribution in [3.63, 3.8) is 0 Å². The van der Waals surface area contributed by atoms with Crippen LogP contribution in [0.2, 0.25) is 0 Å².